The lowest BCUT2D eigenvalue weighted by atomic mass is 10.1. The van der Waals surface area contributed by atoms with Crippen molar-refractivity contribution in [1.29, 1.82) is 0 Å². The minimum absolute atomic E-state index is 0.110. The lowest BCUT2D eigenvalue weighted by Crippen LogP contribution is -2.38. The number of anilines is 1. The second-order valence-electron chi connectivity index (χ2n) is 7.39. The first-order valence-corrected chi connectivity index (χ1v) is 12.0. The zero-order valence-electron chi connectivity index (χ0n) is 17.7. The van der Waals surface area contributed by atoms with Crippen molar-refractivity contribution in [2.45, 2.75) is 24.5 Å². The van der Waals surface area contributed by atoms with Crippen LogP contribution >= 0.6 is 23.2 Å². The molecular weight excluding hydrogens is 512 g/mol. The van der Waals surface area contributed by atoms with Gasteiger partial charge in [0.2, 0.25) is 15.9 Å². The molecule has 11 heteroatoms. The van der Waals surface area contributed by atoms with Crippen molar-refractivity contribution < 1.29 is 26.4 Å². The Bertz CT molecular complexity index is 1300. The molecule has 0 aliphatic heterocycles. The molecule has 1 amide bonds. The van der Waals surface area contributed by atoms with Crippen LogP contribution in [0.1, 0.15) is 16.7 Å². The normalized spacial score (nSPS) is 12.1. The standard InChI is InChI=1S/C23H19Cl2F3N2O3S/c1-15-4-2-3-5-16(15)13-30(34(32,33)19-9-6-17(24)7-10-19)14-22(31)29-21-11-8-18(25)12-20(21)23(26,27)28/h2-12H,13-14H2,1H3,(H,29,31). The molecule has 3 aromatic carbocycles. The molecule has 0 aliphatic rings. The van der Waals surface area contributed by atoms with E-state index in [9.17, 15) is 26.4 Å². The summed E-state index contributed by atoms with van der Waals surface area (Å²) >= 11 is 11.5. The van der Waals surface area contributed by atoms with Crippen molar-refractivity contribution in [2.75, 3.05) is 11.9 Å². The van der Waals surface area contributed by atoms with E-state index in [1.807, 2.05) is 0 Å². The molecule has 34 heavy (non-hydrogen) atoms. The molecule has 3 rings (SSSR count). The van der Waals surface area contributed by atoms with E-state index < -0.39 is 39.9 Å². The van der Waals surface area contributed by atoms with Gasteiger partial charge < -0.3 is 5.32 Å². The molecule has 0 unspecified atom stereocenters. The average molecular weight is 531 g/mol. The Labute approximate surface area is 205 Å². The number of hydrogen-bond donors (Lipinski definition) is 1. The van der Waals surface area contributed by atoms with E-state index in [4.69, 9.17) is 23.2 Å². The van der Waals surface area contributed by atoms with Gasteiger partial charge in [0.05, 0.1) is 22.7 Å². The Morgan fingerprint density at radius 1 is 0.971 bits per heavy atom. The van der Waals surface area contributed by atoms with Gasteiger partial charge >= 0.3 is 6.18 Å². The van der Waals surface area contributed by atoms with Gasteiger partial charge in [0, 0.05) is 16.6 Å². The summed E-state index contributed by atoms with van der Waals surface area (Å²) in [6, 6.07) is 15.3. The van der Waals surface area contributed by atoms with Gasteiger partial charge in [-0.15, -0.1) is 0 Å². The molecule has 0 heterocycles. The molecule has 1 N–H and O–H groups in total. The molecule has 0 bridgehead atoms. The number of carbonyl (C=O) groups excluding carboxylic acids is 1. The minimum atomic E-state index is -4.77. The zero-order chi connectivity index (χ0) is 25.1. The fourth-order valence-corrected chi connectivity index (χ4v) is 4.84. The number of rotatable bonds is 7. The summed E-state index contributed by atoms with van der Waals surface area (Å²) in [6.07, 6.45) is -4.77. The zero-order valence-corrected chi connectivity index (χ0v) is 20.1. The molecule has 0 spiro atoms. The fourth-order valence-electron chi connectivity index (χ4n) is 3.17. The Morgan fingerprint density at radius 2 is 1.59 bits per heavy atom. The molecule has 3 aromatic rings. The maximum atomic E-state index is 13.4. The third kappa shape index (κ3) is 6.29. The molecule has 0 aromatic heterocycles. The summed E-state index contributed by atoms with van der Waals surface area (Å²) in [6.45, 7) is 0.892. The molecule has 0 atom stereocenters. The second-order valence-corrected chi connectivity index (χ2v) is 10.2. The van der Waals surface area contributed by atoms with Crippen molar-refractivity contribution in [3.8, 4) is 0 Å². The van der Waals surface area contributed by atoms with E-state index in [2.05, 4.69) is 5.32 Å². The lowest BCUT2D eigenvalue weighted by Gasteiger charge is -2.23. The van der Waals surface area contributed by atoms with Crippen LogP contribution in [0, 0.1) is 6.92 Å². The third-order valence-corrected chi connectivity index (χ3v) is 7.23. The van der Waals surface area contributed by atoms with Gasteiger partial charge in [-0.3, -0.25) is 4.79 Å². The number of nitrogens with zero attached hydrogens (tertiary/aromatic N) is 1. The van der Waals surface area contributed by atoms with E-state index >= 15 is 0 Å². The second kappa shape index (κ2) is 10.4. The third-order valence-electron chi connectivity index (χ3n) is 4.94. The van der Waals surface area contributed by atoms with E-state index in [1.54, 1.807) is 31.2 Å². The fraction of sp³-hybridized carbons (Fsp3) is 0.174. The van der Waals surface area contributed by atoms with Crippen LogP contribution in [0.25, 0.3) is 0 Å². The Balaban J connectivity index is 1.94. The number of alkyl halides is 3. The predicted molar refractivity (Wildman–Crippen MR) is 125 cm³/mol. The van der Waals surface area contributed by atoms with E-state index in [-0.39, 0.29) is 16.5 Å². The maximum absolute atomic E-state index is 13.4. The molecule has 180 valence electrons. The summed E-state index contributed by atoms with van der Waals surface area (Å²) in [5.41, 5.74) is -0.243. The van der Waals surface area contributed by atoms with Crippen LogP contribution in [0.3, 0.4) is 0 Å². The van der Waals surface area contributed by atoms with Crippen LogP contribution < -0.4 is 5.32 Å². The lowest BCUT2D eigenvalue weighted by molar-refractivity contribution is -0.137. The highest BCUT2D eigenvalue weighted by atomic mass is 35.5. The van der Waals surface area contributed by atoms with Crippen molar-refractivity contribution in [3.63, 3.8) is 0 Å². The molecule has 0 aliphatic carbocycles. The number of benzene rings is 3. The van der Waals surface area contributed by atoms with Crippen LogP contribution in [0.4, 0.5) is 18.9 Å². The molecule has 5 nitrogen and oxygen atoms in total. The topological polar surface area (TPSA) is 66.5 Å². The average Bonchev–Trinajstić information content (AvgIpc) is 2.75. The first-order valence-electron chi connectivity index (χ1n) is 9.85. The van der Waals surface area contributed by atoms with Gasteiger partial charge in [0.15, 0.2) is 0 Å². The Morgan fingerprint density at radius 3 is 2.21 bits per heavy atom. The SMILES string of the molecule is Cc1ccccc1CN(CC(=O)Nc1ccc(Cl)cc1C(F)(F)F)S(=O)(=O)c1ccc(Cl)cc1. The highest BCUT2D eigenvalue weighted by molar-refractivity contribution is 7.89. The van der Waals surface area contributed by atoms with Gasteiger partial charge in [-0.25, -0.2) is 8.42 Å². The Kier molecular flexibility index (Phi) is 7.92. The van der Waals surface area contributed by atoms with Gasteiger partial charge in [-0.2, -0.15) is 17.5 Å². The maximum Gasteiger partial charge on any atom is 0.418 e. The summed E-state index contributed by atoms with van der Waals surface area (Å²) < 4.78 is 67.7. The van der Waals surface area contributed by atoms with Crippen LogP contribution in [0.5, 0.6) is 0 Å². The van der Waals surface area contributed by atoms with E-state index in [0.717, 1.165) is 15.9 Å². The Hall–Kier alpha value is -2.59. The number of nitrogens with one attached hydrogen (secondary N) is 1. The van der Waals surface area contributed by atoms with Gasteiger partial charge in [0.1, 0.15) is 0 Å². The van der Waals surface area contributed by atoms with Crippen LogP contribution in [-0.4, -0.2) is 25.2 Å². The highest BCUT2D eigenvalue weighted by Crippen LogP contribution is 2.36. The predicted octanol–water partition coefficient (Wildman–Crippen LogP) is 6.15. The summed E-state index contributed by atoms with van der Waals surface area (Å²) in [5, 5.41) is 2.33. The summed E-state index contributed by atoms with van der Waals surface area (Å²) in [7, 11) is -4.19. The van der Waals surface area contributed by atoms with Crippen molar-refractivity contribution in [2.24, 2.45) is 0 Å². The number of sulfonamides is 1. The van der Waals surface area contributed by atoms with Gasteiger partial charge in [-0.1, -0.05) is 47.5 Å². The summed E-state index contributed by atoms with van der Waals surface area (Å²) in [5.74, 6) is -0.945. The first kappa shape index (κ1) is 26.0. The van der Waals surface area contributed by atoms with Crippen molar-refractivity contribution >= 4 is 44.8 Å². The van der Waals surface area contributed by atoms with Gasteiger partial charge in [0.25, 0.3) is 0 Å². The molecule has 0 radical (unpaired) electrons. The number of carbonyl (C=O) groups is 1. The molecule has 0 saturated carbocycles. The van der Waals surface area contributed by atoms with Crippen LogP contribution in [0.2, 0.25) is 10.0 Å². The monoisotopic (exact) mass is 530 g/mol. The molecule has 0 saturated heterocycles. The van der Waals surface area contributed by atoms with Crippen LogP contribution in [-0.2, 0) is 27.5 Å². The minimum Gasteiger partial charge on any atom is -0.324 e. The van der Waals surface area contributed by atoms with Crippen molar-refractivity contribution in [3.05, 3.63) is 93.5 Å². The molecule has 0 fully saturated rings. The highest BCUT2D eigenvalue weighted by Gasteiger charge is 2.35. The first-order chi connectivity index (χ1) is 15.9. The van der Waals surface area contributed by atoms with E-state index in [0.29, 0.717) is 16.7 Å². The number of aryl methyl sites for hydroxylation is 1. The smallest absolute Gasteiger partial charge is 0.324 e. The number of amides is 1. The number of hydrogen-bond acceptors (Lipinski definition) is 3. The number of halogens is 5. The van der Waals surface area contributed by atoms with Gasteiger partial charge in [-0.05, 0) is 60.5 Å². The van der Waals surface area contributed by atoms with Crippen LogP contribution in [0.15, 0.2) is 71.6 Å². The quantitative estimate of drug-likeness (QED) is 0.398. The van der Waals surface area contributed by atoms with E-state index in [1.165, 1.54) is 30.3 Å². The largest absolute Gasteiger partial charge is 0.418 e. The molecular formula is C23H19Cl2F3N2O3S. The van der Waals surface area contributed by atoms with Crippen molar-refractivity contribution in [1.82, 2.24) is 4.31 Å². The summed E-state index contributed by atoms with van der Waals surface area (Å²) in [4.78, 5) is 12.6.